The maximum absolute atomic E-state index is 6.70. The fraction of sp³-hybridized carbons (Fsp3) is 0.947. The minimum Gasteiger partial charge on any atom is -0.461 e. The molecule has 0 spiro atoms. The molecule has 340 valence electrons. The van der Waals surface area contributed by atoms with Crippen LogP contribution in [0.15, 0.2) is 12.7 Å². The zero-order valence-electron chi connectivity index (χ0n) is 37.8. The van der Waals surface area contributed by atoms with Crippen LogP contribution >= 0.6 is 0 Å². The fourth-order valence-electron chi connectivity index (χ4n) is 4.71. The third-order valence-electron chi connectivity index (χ3n) is 7.00. The molecule has 14 nitrogen and oxygen atoms in total. The molecule has 0 aliphatic heterocycles. The summed E-state index contributed by atoms with van der Waals surface area (Å²) in [6, 6.07) is 2.22. The predicted molar refractivity (Wildman–Crippen MR) is 237 cm³/mol. The average molecular weight is 881 g/mol. The van der Waals surface area contributed by atoms with Gasteiger partial charge in [-0.25, -0.2) is 0 Å². The lowest BCUT2D eigenvalue weighted by atomic mass is 10.5. The molecular formula is C38H88O14Si4. The van der Waals surface area contributed by atoms with E-state index in [-0.39, 0.29) is 0 Å². The van der Waals surface area contributed by atoms with Gasteiger partial charge in [0.2, 0.25) is 0 Å². The maximum Gasteiger partial charge on any atom is 0.173 e. The normalized spacial score (nSPS) is 11.8. The van der Waals surface area contributed by atoms with E-state index in [1.807, 2.05) is 0 Å². The molecule has 0 aromatic rings. The molecule has 18 heteroatoms. The molecule has 0 heterocycles. The number of ether oxygens (including phenoxy) is 12. The van der Waals surface area contributed by atoms with E-state index in [2.05, 4.69) is 59.0 Å². The van der Waals surface area contributed by atoms with Crippen molar-refractivity contribution in [3.8, 4) is 0 Å². The Morgan fingerprint density at radius 1 is 0.393 bits per heavy atom. The Balaban J connectivity index is -0.00000109. The van der Waals surface area contributed by atoms with Gasteiger partial charge in [-0.15, -0.1) is 6.58 Å². The predicted octanol–water partition coefficient (Wildman–Crippen LogP) is 5.42. The second-order valence-electron chi connectivity index (χ2n) is 14.3. The first-order valence-corrected chi connectivity index (χ1v) is 32.3. The smallest absolute Gasteiger partial charge is 0.173 e. The first-order chi connectivity index (χ1) is 26.9. The Morgan fingerprint density at radius 2 is 0.643 bits per heavy atom. The van der Waals surface area contributed by atoms with Crippen LogP contribution in [0.1, 0.15) is 12.8 Å². The highest BCUT2D eigenvalue weighted by atomic mass is 28.4. The van der Waals surface area contributed by atoms with Crippen molar-refractivity contribution < 1.29 is 65.1 Å². The number of rotatable bonds is 41. The summed E-state index contributed by atoms with van der Waals surface area (Å²) in [5, 5.41) is 0. The standard InChI is InChI=1S/C24H54O9Si2.C10H20O4.C4H14OSi2/c1-25-11-13-29-19-21-31-17-15-27-9-7-23-34(3,4)33-35(5,6)24-8-10-28-16-18-32-22-20-30-14-12-26-2;1-3-4-12-7-8-14-10-9-13-6-5-11-2;1-6(2)5-7(3)4/h7-24H2,1-6H3;3H,1,4-10H2,2H3;6-7H,1-4H3. The molecule has 0 rings (SSSR count). The lowest BCUT2D eigenvalue weighted by Crippen LogP contribution is -2.44. The largest absolute Gasteiger partial charge is 0.461 e. The maximum atomic E-state index is 6.70. The van der Waals surface area contributed by atoms with Gasteiger partial charge in [0, 0.05) is 34.5 Å². The van der Waals surface area contributed by atoms with Crippen molar-refractivity contribution in [2.75, 3.05) is 160 Å². The van der Waals surface area contributed by atoms with Crippen LogP contribution in [-0.2, 0) is 65.1 Å². The molecule has 0 aromatic carbocycles. The molecule has 0 aromatic heterocycles. The molecule has 0 atom stereocenters. The zero-order chi connectivity index (χ0) is 42.4. The fourth-order valence-corrected chi connectivity index (χ4v) is 17.9. The van der Waals surface area contributed by atoms with Crippen LogP contribution in [0.3, 0.4) is 0 Å². The highest BCUT2D eigenvalue weighted by Crippen LogP contribution is 2.23. The van der Waals surface area contributed by atoms with Crippen molar-refractivity contribution in [3.63, 3.8) is 0 Å². The number of methoxy groups -OCH3 is 3. The van der Waals surface area contributed by atoms with Crippen molar-refractivity contribution in [1.29, 1.82) is 0 Å². The summed E-state index contributed by atoms with van der Waals surface area (Å²) in [7, 11) is 0.253. The summed E-state index contributed by atoms with van der Waals surface area (Å²) >= 11 is 0. The second-order valence-corrected chi connectivity index (χ2v) is 28.4. The molecule has 0 radical (unpaired) electrons. The van der Waals surface area contributed by atoms with Crippen molar-refractivity contribution >= 4 is 34.7 Å². The van der Waals surface area contributed by atoms with E-state index < -0.39 is 34.7 Å². The lowest BCUT2D eigenvalue weighted by molar-refractivity contribution is 0.00366. The molecule has 0 fully saturated rings. The molecule has 0 unspecified atom stereocenters. The molecule has 0 bridgehead atoms. The SMILES string of the molecule is C=CCOCCOCCOCCOC.COCCOCCOCCOCCC[Si](C)(C)O[Si](C)(C)CCCOCCOCCOCCOC.C[SiH](C)O[SiH](C)C. The van der Waals surface area contributed by atoms with Crippen LogP contribution in [-0.4, -0.2) is 195 Å². The summed E-state index contributed by atoms with van der Waals surface area (Å²) in [4.78, 5) is 0. The first kappa shape index (κ1) is 60.4. The minimum atomic E-state index is -1.70. The van der Waals surface area contributed by atoms with Crippen molar-refractivity contribution in [2.45, 2.75) is 77.3 Å². The van der Waals surface area contributed by atoms with Gasteiger partial charge in [0.15, 0.2) is 34.7 Å². The van der Waals surface area contributed by atoms with E-state index >= 15 is 0 Å². The van der Waals surface area contributed by atoms with Crippen LogP contribution in [0.5, 0.6) is 0 Å². The summed E-state index contributed by atoms with van der Waals surface area (Å²) in [5.41, 5.74) is 0. The topological polar surface area (TPSA) is 129 Å². The van der Waals surface area contributed by atoms with Crippen LogP contribution in [0, 0.1) is 0 Å². The van der Waals surface area contributed by atoms with Gasteiger partial charge in [0.25, 0.3) is 0 Å². The van der Waals surface area contributed by atoms with Crippen molar-refractivity contribution in [1.82, 2.24) is 0 Å². The van der Waals surface area contributed by atoms with E-state index in [0.29, 0.717) is 126 Å². The molecule has 0 saturated heterocycles. The third kappa shape index (κ3) is 58.4. The van der Waals surface area contributed by atoms with Gasteiger partial charge < -0.3 is 65.1 Å². The molecule has 0 saturated carbocycles. The van der Waals surface area contributed by atoms with Gasteiger partial charge in [-0.1, -0.05) is 6.08 Å². The van der Waals surface area contributed by atoms with Gasteiger partial charge in [-0.3, -0.25) is 0 Å². The Kier molecular flexibility index (Phi) is 51.4. The summed E-state index contributed by atoms with van der Waals surface area (Å²) in [5.74, 6) is 0. The summed E-state index contributed by atoms with van der Waals surface area (Å²) in [6.07, 6.45) is 3.78. The van der Waals surface area contributed by atoms with Crippen molar-refractivity contribution in [3.05, 3.63) is 12.7 Å². The highest BCUT2D eigenvalue weighted by molar-refractivity contribution is 6.84. The minimum absolute atomic E-state index is 0.577. The van der Waals surface area contributed by atoms with E-state index in [4.69, 9.17) is 65.1 Å². The summed E-state index contributed by atoms with van der Waals surface area (Å²) in [6.45, 7) is 34.6. The molecular weight excluding hydrogens is 793 g/mol. The monoisotopic (exact) mass is 881 g/mol. The van der Waals surface area contributed by atoms with E-state index in [1.54, 1.807) is 27.4 Å². The van der Waals surface area contributed by atoms with Crippen molar-refractivity contribution in [2.24, 2.45) is 0 Å². The van der Waals surface area contributed by atoms with Gasteiger partial charge in [-0.05, 0) is 77.3 Å². The van der Waals surface area contributed by atoms with Crippen LogP contribution in [0.25, 0.3) is 0 Å². The van der Waals surface area contributed by atoms with E-state index in [0.717, 1.165) is 38.1 Å². The van der Waals surface area contributed by atoms with Gasteiger partial charge in [-0.2, -0.15) is 0 Å². The zero-order valence-corrected chi connectivity index (χ0v) is 42.1. The average Bonchev–Trinajstić information content (AvgIpc) is 3.13. The molecule has 0 amide bonds. The molecule has 0 aliphatic rings. The van der Waals surface area contributed by atoms with Gasteiger partial charge in [0.05, 0.1) is 126 Å². The van der Waals surface area contributed by atoms with Gasteiger partial charge >= 0.3 is 0 Å². The quantitative estimate of drug-likeness (QED) is 0.0440. The summed E-state index contributed by atoms with van der Waals surface area (Å²) < 4.78 is 75.5. The molecule has 0 N–H and O–H groups in total. The Morgan fingerprint density at radius 3 is 0.875 bits per heavy atom. The number of hydrogen-bond donors (Lipinski definition) is 0. The Hall–Kier alpha value is 0.0475. The highest BCUT2D eigenvalue weighted by Gasteiger charge is 2.32. The van der Waals surface area contributed by atoms with E-state index in [9.17, 15) is 0 Å². The molecule has 56 heavy (non-hydrogen) atoms. The second kappa shape index (κ2) is 47.7. The molecule has 0 aliphatic carbocycles. The first-order valence-electron chi connectivity index (χ1n) is 20.5. The number of hydrogen-bond acceptors (Lipinski definition) is 14. The lowest BCUT2D eigenvalue weighted by Gasteiger charge is -2.34. The Bertz CT molecular complexity index is 715. The van der Waals surface area contributed by atoms with E-state index in [1.165, 1.54) is 0 Å². The van der Waals surface area contributed by atoms with Crippen LogP contribution in [0.4, 0.5) is 0 Å². The Labute approximate surface area is 348 Å². The van der Waals surface area contributed by atoms with Gasteiger partial charge in [0.1, 0.15) is 0 Å². The third-order valence-corrected chi connectivity index (χ3v) is 18.9. The van der Waals surface area contributed by atoms with Crippen LogP contribution in [0.2, 0.25) is 64.5 Å². The van der Waals surface area contributed by atoms with Crippen LogP contribution < -0.4 is 0 Å².